The maximum atomic E-state index is 4.45. The average molecular weight is 236 g/mol. The van der Waals surface area contributed by atoms with Crippen molar-refractivity contribution in [1.82, 2.24) is 9.97 Å². The number of hydrogen-bond donors (Lipinski definition) is 2. The van der Waals surface area contributed by atoms with E-state index in [4.69, 9.17) is 0 Å². The van der Waals surface area contributed by atoms with Crippen molar-refractivity contribution in [2.75, 3.05) is 17.2 Å². The second-order valence-electron chi connectivity index (χ2n) is 4.57. The summed E-state index contributed by atoms with van der Waals surface area (Å²) in [4.78, 5) is 8.78. The van der Waals surface area contributed by atoms with Crippen LogP contribution in [0.2, 0.25) is 0 Å². The second-order valence-corrected chi connectivity index (χ2v) is 4.57. The van der Waals surface area contributed by atoms with E-state index >= 15 is 0 Å². The SMILES string of the molecule is CCNc1nc(C)cc(NC(C)C(C)CC)n1. The fraction of sp³-hybridized carbons (Fsp3) is 0.692. The monoisotopic (exact) mass is 236 g/mol. The van der Waals surface area contributed by atoms with Gasteiger partial charge in [-0.25, -0.2) is 4.98 Å². The standard InChI is InChI=1S/C13H24N4/c1-6-9(3)11(5)16-12-8-10(4)15-13(17-12)14-7-2/h8-9,11H,6-7H2,1-5H3,(H2,14,15,16,17). The molecule has 0 radical (unpaired) electrons. The van der Waals surface area contributed by atoms with Gasteiger partial charge in [-0.1, -0.05) is 20.3 Å². The lowest BCUT2D eigenvalue weighted by Crippen LogP contribution is -2.24. The molecule has 0 fully saturated rings. The smallest absolute Gasteiger partial charge is 0.224 e. The molecule has 4 heteroatoms. The fourth-order valence-corrected chi connectivity index (χ4v) is 1.61. The van der Waals surface area contributed by atoms with Crippen LogP contribution in [0.1, 0.15) is 39.8 Å². The Morgan fingerprint density at radius 2 is 1.94 bits per heavy atom. The van der Waals surface area contributed by atoms with Crippen LogP contribution in [-0.2, 0) is 0 Å². The van der Waals surface area contributed by atoms with Crippen molar-refractivity contribution >= 4 is 11.8 Å². The number of rotatable bonds is 6. The molecule has 0 aliphatic heterocycles. The zero-order chi connectivity index (χ0) is 12.8. The Morgan fingerprint density at radius 1 is 1.24 bits per heavy atom. The molecule has 4 nitrogen and oxygen atoms in total. The van der Waals surface area contributed by atoms with E-state index in [2.05, 4.69) is 41.4 Å². The van der Waals surface area contributed by atoms with E-state index in [-0.39, 0.29) is 0 Å². The molecular weight excluding hydrogens is 212 g/mol. The molecule has 17 heavy (non-hydrogen) atoms. The van der Waals surface area contributed by atoms with Gasteiger partial charge in [0.25, 0.3) is 0 Å². The molecule has 2 N–H and O–H groups in total. The van der Waals surface area contributed by atoms with E-state index in [0.717, 1.165) is 24.5 Å². The number of aromatic nitrogens is 2. The lowest BCUT2D eigenvalue weighted by atomic mass is 10.0. The molecule has 0 aliphatic carbocycles. The molecule has 1 heterocycles. The largest absolute Gasteiger partial charge is 0.367 e. The van der Waals surface area contributed by atoms with Crippen molar-refractivity contribution in [2.45, 2.75) is 47.1 Å². The quantitative estimate of drug-likeness (QED) is 0.797. The minimum atomic E-state index is 0.420. The molecule has 2 unspecified atom stereocenters. The number of anilines is 2. The van der Waals surface area contributed by atoms with Crippen molar-refractivity contribution in [1.29, 1.82) is 0 Å². The lowest BCUT2D eigenvalue weighted by Gasteiger charge is -2.20. The maximum Gasteiger partial charge on any atom is 0.224 e. The van der Waals surface area contributed by atoms with Gasteiger partial charge in [-0.2, -0.15) is 4.98 Å². The Labute approximate surface area is 104 Å². The molecule has 1 aromatic rings. The Morgan fingerprint density at radius 3 is 2.53 bits per heavy atom. The van der Waals surface area contributed by atoms with Gasteiger partial charge < -0.3 is 10.6 Å². The summed E-state index contributed by atoms with van der Waals surface area (Å²) < 4.78 is 0. The van der Waals surface area contributed by atoms with Gasteiger partial charge in [0.15, 0.2) is 0 Å². The van der Waals surface area contributed by atoms with E-state index in [1.165, 1.54) is 0 Å². The first kappa shape index (κ1) is 13.7. The van der Waals surface area contributed by atoms with E-state index in [0.29, 0.717) is 17.9 Å². The third-order valence-corrected chi connectivity index (χ3v) is 3.06. The van der Waals surface area contributed by atoms with Crippen LogP contribution in [0.3, 0.4) is 0 Å². The van der Waals surface area contributed by atoms with Gasteiger partial charge in [-0.3, -0.25) is 0 Å². The van der Waals surface area contributed by atoms with Gasteiger partial charge in [-0.05, 0) is 26.7 Å². The van der Waals surface area contributed by atoms with E-state index in [9.17, 15) is 0 Å². The van der Waals surface area contributed by atoms with Gasteiger partial charge in [0, 0.05) is 24.3 Å². The molecule has 0 spiro atoms. The molecule has 0 saturated carbocycles. The molecule has 0 aromatic carbocycles. The highest BCUT2D eigenvalue weighted by atomic mass is 15.1. The van der Waals surface area contributed by atoms with Crippen molar-refractivity contribution in [3.63, 3.8) is 0 Å². The van der Waals surface area contributed by atoms with Gasteiger partial charge in [0.1, 0.15) is 5.82 Å². The fourth-order valence-electron chi connectivity index (χ4n) is 1.61. The normalized spacial score (nSPS) is 14.2. The highest BCUT2D eigenvalue weighted by Crippen LogP contribution is 2.15. The van der Waals surface area contributed by atoms with E-state index < -0.39 is 0 Å². The van der Waals surface area contributed by atoms with Crippen molar-refractivity contribution in [2.24, 2.45) is 5.92 Å². The zero-order valence-electron chi connectivity index (χ0n) is 11.5. The van der Waals surface area contributed by atoms with Crippen LogP contribution >= 0.6 is 0 Å². The van der Waals surface area contributed by atoms with Crippen molar-refractivity contribution in [3.8, 4) is 0 Å². The van der Waals surface area contributed by atoms with Gasteiger partial charge in [-0.15, -0.1) is 0 Å². The lowest BCUT2D eigenvalue weighted by molar-refractivity contribution is 0.493. The zero-order valence-corrected chi connectivity index (χ0v) is 11.5. The molecule has 0 saturated heterocycles. The Kier molecular flexibility index (Phi) is 5.19. The molecule has 1 aromatic heterocycles. The number of nitrogens with zero attached hydrogens (tertiary/aromatic N) is 2. The summed E-state index contributed by atoms with van der Waals surface area (Å²) in [5.41, 5.74) is 0.981. The summed E-state index contributed by atoms with van der Waals surface area (Å²) >= 11 is 0. The van der Waals surface area contributed by atoms with Crippen LogP contribution in [0, 0.1) is 12.8 Å². The average Bonchev–Trinajstić information content (AvgIpc) is 2.27. The summed E-state index contributed by atoms with van der Waals surface area (Å²) in [6, 6.07) is 2.41. The molecule has 96 valence electrons. The van der Waals surface area contributed by atoms with Crippen molar-refractivity contribution < 1.29 is 0 Å². The van der Waals surface area contributed by atoms with E-state index in [1.807, 2.05) is 19.9 Å². The Bertz CT molecular complexity index is 351. The number of aryl methyl sites for hydroxylation is 1. The number of hydrogen-bond acceptors (Lipinski definition) is 4. The highest BCUT2D eigenvalue weighted by Gasteiger charge is 2.11. The molecular formula is C13H24N4. The molecule has 2 atom stereocenters. The van der Waals surface area contributed by atoms with Crippen molar-refractivity contribution in [3.05, 3.63) is 11.8 Å². The first-order chi connectivity index (χ1) is 8.06. The first-order valence-electron chi connectivity index (χ1n) is 6.42. The van der Waals surface area contributed by atoms with Crippen LogP contribution in [-0.4, -0.2) is 22.6 Å². The van der Waals surface area contributed by atoms with Crippen LogP contribution in [0.15, 0.2) is 6.07 Å². The second kappa shape index (κ2) is 6.42. The molecule has 0 bridgehead atoms. The first-order valence-corrected chi connectivity index (χ1v) is 6.42. The summed E-state index contributed by atoms with van der Waals surface area (Å²) in [6.07, 6.45) is 1.16. The predicted octanol–water partition coefficient (Wildman–Crippen LogP) is 3.06. The minimum Gasteiger partial charge on any atom is -0.367 e. The van der Waals surface area contributed by atoms with Gasteiger partial charge >= 0.3 is 0 Å². The van der Waals surface area contributed by atoms with Crippen LogP contribution in [0.5, 0.6) is 0 Å². The molecule has 0 amide bonds. The summed E-state index contributed by atoms with van der Waals surface area (Å²) in [5, 5.41) is 6.58. The maximum absolute atomic E-state index is 4.45. The van der Waals surface area contributed by atoms with Crippen LogP contribution in [0.4, 0.5) is 11.8 Å². The Balaban J connectivity index is 2.76. The topological polar surface area (TPSA) is 49.8 Å². The van der Waals surface area contributed by atoms with Gasteiger partial charge in [0.2, 0.25) is 5.95 Å². The van der Waals surface area contributed by atoms with Gasteiger partial charge in [0.05, 0.1) is 0 Å². The van der Waals surface area contributed by atoms with E-state index in [1.54, 1.807) is 0 Å². The molecule has 0 aliphatic rings. The summed E-state index contributed by atoms with van der Waals surface area (Å²) in [7, 11) is 0. The third-order valence-electron chi connectivity index (χ3n) is 3.06. The number of nitrogens with one attached hydrogen (secondary N) is 2. The summed E-state index contributed by atoms with van der Waals surface area (Å²) in [6.45, 7) is 11.5. The summed E-state index contributed by atoms with van der Waals surface area (Å²) in [5.74, 6) is 2.24. The molecule has 1 rings (SSSR count). The van der Waals surface area contributed by atoms with Crippen LogP contribution in [0.25, 0.3) is 0 Å². The highest BCUT2D eigenvalue weighted by molar-refractivity contribution is 5.42. The predicted molar refractivity (Wildman–Crippen MR) is 73.5 cm³/mol. The minimum absolute atomic E-state index is 0.420. The Hall–Kier alpha value is -1.32. The third kappa shape index (κ3) is 4.21. The van der Waals surface area contributed by atoms with Crippen LogP contribution < -0.4 is 10.6 Å².